The Balaban J connectivity index is 1.98. The molecule has 2 aromatic rings. The zero-order valence-electron chi connectivity index (χ0n) is 8.84. The van der Waals surface area contributed by atoms with Crippen molar-refractivity contribution in [1.82, 2.24) is 9.97 Å². The van der Waals surface area contributed by atoms with E-state index in [0.29, 0.717) is 0 Å². The van der Waals surface area contributed by atoms with Gasteiger partial charge in [0.1, 0.15) is 18.1 Å². The second kappa shape index (κ2) is 5.41. The number of benzene rings is 1. The van der Waals surface area contributed by atoms with Crippen LogP contribution in [0, 0.1) is 0 Å². The predicted octanol–water partition coefficient (Wildman–Crippen LogP) is 2.49. The van der Waals surface area contributed by atoms with Crippen molar-refractivity contribution in [3.8, 4) is 0 Å². The summed E-state index contributed by atoms with van der Waals surface area (Å²) in [6, 6.07) is 10.8. The Morgan fingerprint density at radius 1 is 1.24 bits per heavy atom. The summed E-state index contributed by atoms with van der Waals surface area (Å²) in [6.07, 6.45) is 1.22. The molecule has 0 aliphatic rings. The van der Waals surface area contributed by atoms with Gasteiger partial charge < -0.3 is 4.74 Å². The van der Waals surface area contributed by atoms with E-state index in [2.05, 4.69) is 9.97 Å². The Bertz CT molecular complexity index is 517. The van der Waals surface area contributed by atoms with Crippen molar-refractivity contribution >= 4 is 17.6 Å². The number of rotatable bonds is 3. The zero-order chi connectivity index (χ0) is 12.1. The Morgan fingerprint density at radius 3 is 2.71 bits per heavy atom. The van der Waals surface area contributed by atoms with Crippen LogP contribution in [0.2, 0.25) is 5.15 Å². The average Bonchev–Trinajstić information content (AvgIpc) is 2.37. The summed E-state index contributed by atoms with van der Waals surface area (Å²) in [5.74, 6) is -0.516. The van der Waals surface area contributed by atoms with Crippen LogP contribution in [0.4, 0.5) is 0 Å². The molecule has 0 aliphatic carbocycles. The van der Waals surface area contributed by atoms with Crippen LogP contribution < -0.4 is 0 Å². The molecule has 0 spiro atoms. The molecule has 0 amide bonds. The average molecular weight is 249 g/mol. The highest BCUT2D eigenvalue weighted by molar-refractivity contribution is 6.29. The van der Waals surface area contributed by atoms with Gasteiger partial charge in [0.15, 0.2) is 5.69 Å². The first kappa shape index (κ1) is 11.5. The van der Waals surface area contributed by atoms with E-state index in [4.69, 9.17) is 16.3 Å². The van der Waals surface area contributed by atoms with Crippen molar-refractivity contribution in [1.29, 1.82) is 0 Å². The minimum atomic E-state index is -0.516. The van der Waals surface area contributed by atoms with Crippen LogP contribution in [-0.2, 0) is 11.3 Å². The van der Waals surface area contributed by atoms with Crippen LogP contribution in [0.25, 0.3) is 0 Å². The molecule has 0 radical (unpaired) electrons. The molecule has 1 heterocycles. The lowest BCUT2D eigenvalue weighted by atomic mass is 10.2. The molecule has 5 heteroatoms. The third kappa shape index (κ3) is 3.26. The molecule has 0 N–H and O–H groups in total. The molecular weight excluding hydrogens is 240 g/mol. The summed E-state index contributed by atoms with van der Waals surface area (Å²) in [4.78, 5) is 19.1. The minimum Gasteiger partial charge on any atom is -0.456 e. The summed E-state index contributed by atoms with van der Waals surface area (Å²) in [7, 11) is 0. The molecule has 0 saturated heterocycles. The van der Waals surface area contributed by atoms with Crippen LogP contribution in [-0.4, -0.2) is 15.9 Å². The molecule has 0 bridgehead atoms. The topological polar surface area (TPSA) is 52.1 Å². The van der Waals surface area contributed by atoms with Crippen molar-refractivity contribution < 1.29 is 9.53 Å². The summed E-state index contributed by atoms with van der Waals surface area (Å²) in [6.45, 7) is 0.210. The quantitative estimate of drug-likeness (QED) is 0.619. The van der Waals surface area contributed by atoms with Gasteiger partial charge in [-0.25, -0.2) is 14.8 Å². The minimum absolute atomic E-state index is 0.154. The van der Waals surface area contributed by atoms with Gasteiger partial charge in [0.2, 0.25) is 0 Å². The van der Waals surface area contributed by atoms with Gasteiger partial charge in [0.25, 0.3) is 0 Å². The lowest BCUT2D eigenvalue weighted by molar-refractivity contribution is 0.0465. The van der Waals surface area contributed by atoms with Gasteiger partial charge in [-0.15, -0.1) is 0 Å². The van der Waals surface area contributed by atoms with Crippen molar-refractivity contribution in [3.63, 3.8) is 0 Å². The third-order valence-electron chi connectivity index (χ3n) is 2.06. The molecule has 0 aliphatic heterocycles. The van der Waals surface area contributed by atoms with E-state index in [1.165, 1.54) is 12.4 Å². The number of aromatic nitrogens is 2. The Morgan fingerprint density at radius 2 is 2.00 bits per heavy atom. The van der Waals surface area contributed by atoms with Crippen LogP contribution in [0.1, 0.15) is 16.1 Å². The van der Waals surface area contributed by atoms with Crippen LogP contribution >= 0.6 is 11.6 Å². The fraction of sp³-hybridized carbons (Fsp3) is 0.0833. The fourth-order valence-electron chi connectivity index (χ4n) is 1.24. The first-order chi connectivity index (χ1) is 8.25. The highest BCUT2D eigenvalue weighted by Crippen LogP contribution is 2.07. The molecule has 0 saturated carbocycles. The number of carbonyl (C=O) groups excluding carboxylic acids is 1. The molecule has 86 valence electrons. The predicted molar refractivity (Wildman–Crippen MR) is 62.6 cm³/mol. The van der Waals surface area contributed by atoms with Gasteiger partial charge in [-0.2, -0.15) is 0 Å². The zero-order valence-corrected chi connectivity index (χ0v) is 9.59. The maximum absolute atomic E-state index is 11.6. The molecule has 17 heavy (non-hydrogen) atoms. The number of carbonyl (C=O) groups is 1. The number of hydrogen-bond donors (Lipinski definition) is 0. The number of ether oxygens (including phenoxy) is 1. The molecule has 1 aromatic carbocycles. The van der Waals surface area contributed by atoms with Gasteiger partial charge in [-0.05, 0) is 5.56 Å². The number of esters is 1. The Labute approximate surface area is 103 Å². The van der Waals surface area contributed by atoms with E-state index < -0.39 is 5.97 Å². The molecule has 0 atom stereocenters. The highest BCUT2D eigenvalue weighted by atomic mass is 35.5. The van der Waals surface area contributed by atoms with E-state index in [1.54, 1.807) is 0 Å². The van der Waals surface area contributed by atoms with E-state index in [1.807, 2.05) is 30.3 Å². The number of nitrogens with zero attached hydrogens (tertiary/aromatic N) is 2. The lowest BCUT2D eigenvalue weighted by Crippen LogP contribution is -2.07. The molecular formula is C12H9ClN2O2. The number of hydrogen-bond acceptors (Lipinski definition) is 4. The standard InChI is InChI=1S/C12H9ClN2O2/c13-11-6-10(14-8-15-11)12(16)17-7-9-4-2-1-3-5-9/h1-6,8H,7H2. The van der Waals surface area contributed by atoms with Gasteiger partial charge in [0, 0.05) is 6.07 Å². The maximum Gasteiger partial charge on any atom is 0.357 e. The van der Waals surface area contributed by atoms with Gasteiger partial charge in [-0.3, -0.25) is 0 Å². The first-order valence-corrected chi connectivity index (χ1v) is 5.32. The highest BCUT2D eigenvalue weighted by Gasteiger charge is 2.09. The molecule has 0 unspecified atom stereocenters. The van der Waals surface area contributed by atoms with Crippen LogP contribution in [0.3, 0.4) is 0 Å². The fourth-order valence-corrected chi connectivity index (χ4v) is 1.39. The van der Waals surface area contributed by atoms with E-state index >= 15 is 0 Å². The molecule has 1 aromatic heterocycles. The normalized spacial score (nSPS) is 9.94. The SMILES string of the molecule is O=C(OCc1ccccc1)c1cc(Cl)ncn1. The Hall–Kier alpha value is -1.94. The van der Waals surface area contributed by atoms with Crippen molar-refractivity contribution in [2.45, 2.75) is 6.61 Å². The molecule has 0 fully saturated rings. The van der Waals surface area contributed by atoms with Crippen LogP contribution in [0.15, 0.2) is 42.7 Å². The van der Waals surface area contributed by atoms with Gasteiger partial charge >= 0.3 is 5.97 Å². The lowest BCUT2D eigenvalue weighted by Gasteiger charge is -2.03. The van der Waals surface area contributed by atoms with Gasteiger partial charge in [0.05, 0.1) is 0 Å². The third-order valence-corrected chi connectivity index (χ3v) is 2.26. The summed E-state index contributed by atoms with van der Waals surface area (Å²) in [5.41, 5.74) is 1.07. The smallest absolute Gasteiger partial charge is 0.357 e. The molecule has 4 nitrogen and oxygen atoms in total. The summed E-state index contributed by atoms with van der Waals surface area (Å²) >= 11 is 5.65. The second-order valence-electron chi connectivity index (χ2n) is 3.29. The summed E-state index contributed by atoms with van der Waals surface area (Å²) < 4.78 is 5.08. The van der Waals surface area contributed by atoms with Gasteiger partial charge in [-0.1, -0.05) is 41.9 Å². The van der Waals surface area contributed by atoms with Crippen molar-refractivity contribution in [3.05, 3.63) is 59.1 Å². The molecule has 2 rings (SSSR count). The first-order valence-electron chi connectivity index (χ1n) is 4.94. The second-order valence-corrected chi connectivity index (χ2v) is 3.67. The van der Waals surface area contributed by atoms with Crippen molar-refractivity contribution in [2.75, 3.05) is 0 Å². The monoisotopic (exact) mass is 248 g/mol. The van der Waals surface area contributed by atoms with E-state index in [-0.39, 0.29) is 17.5 Å². The van der Waals surface area contributed by atoms with E-state index in [9.17, 15) is 4.79 Å². The largest absolute Gasteiger partial charge is 0.456 e. The van der Waals surface area contributed by atoms with Crippen molar-refractivity contribution in [2.24, 2.45) is 0 Å². The number of halogens is 1. The maximum atomic E-state index is 11.6. The Kier molecular flexibility index (Phi) is 3.67. The van der Waals surface area contributed by atoms with E-state index in [0.717, 1.165) is 5.56 Å². The summed E-state index contributed by atoms with van der Waals surface area (Å²) in [5, 5.41) is 0.215. The van der Waals surface area contributed by atoms with Crippen LogP contribution in [0.5, 0.6) is 0 Å².